The van der Waals surface area contributed by atoms with Gasteiger partial charge in [0, 0.05) is 13.0 Å². The van der Waals surface area contributed by atoms with Gasteiger partial charge in [0.05, 0.1) is 0 Å². The van der Waals surface area contributed by atoms with Crippen LogP contribution in [0.4, 0.5) is 0 Å². The number of rotatable bonds is 14. The first-order valence-corrected chi connectivity index (χ1v) is 9.58. The smallest absolute Gasteiger partial charge is 0.219 e. The fourth-order valence-electron chi connectivity index (χ4n) is 2.33. The topological polar surface area (TPSA) is 29.1 Å². The maximum Gasteiger partial charge on any atom is 0.219 e. The van der Waals surface area contributed by atoms with Gasteiger partial charge in [-0.2, -0.15) is 0 Å². The van der Waals surface area contributed by atoms with Gasteiger partial charge in [0.2, 0.25) is 5.91 Å². The third kappa shape index (κ3) is 21.9. The van der Waals surface area contributed by atoms with Crippen LogP contribution < -0.4 is 5.32 Å². The van der Waals surface area contributed by atoms with Gasteiger partial charge in [0.25, 0.3) is 0 Å². The predicted octanol–water partition coefficient (Wildman–Crippen LogP) is 6.24. The average Bonchev–Trinajstić information content (AvgIpc) is 2.51. The summed E-state index contributed by atoms with van der Waals surface area (Å²) in [5, 5.41) is 2.98. The summed E-state index contributed by atoms with van der Waals surface area (Å²) in [6, 6.07) is 0. The van der Waals surface area contributed by atoms with E-state index in [1.165, 1.54) is 64.2 Å². The Morgan fingerprint density at radius 1 is 0.667 bits per heavy atom. The molecule has 128 valence electrons. The van der Waals surface area contributed by atoms with E-state index in [2.05, 4.69) is 12.2 Å². The molecule has 0 bridgehead atoms. The Morgan fingerprint density at radius 3 is 1.52 bits per heavy atom. The lowest BCUT2D eigenvalue weighted by molar-refractivity contribution is -0.121. The minimum Gasteiger partial charge on any atom is -0.356 e. The zero-order valence-electron chi connectivity index (χ0n) is 15.3. The molecular weight excluding hydrogens is 258 g/mol. The lowest BCUT2D eigenvalue weighted by Gasteiger charge is -2.04. The number of unbranched alkanes of at least 4 members (excludes halogenated alkanes) is 10. The summed E-state index contributed by atoms with van der Waals surface area (Å²) in [5.74, 6) is 0.217. The lowest BCUT2D eigenvalue weighted by atomic mass is 10.1. The number of amides is 1. The number of nitrogens with one attached hydrogen (secondary N) is 1. The summed E-state index contributed by atoms with van der Waals surface area (Å²) >= 11 is 0. The van der Waals surface area contributed by atoms with Crippen LogP contribution in [0.5, 0.6) is 0 Å². The van der Waals surface area contributed by atoms with Crippen molar-refractivity contribution in [1.29, 1.82) is 0 Å². The summed E-state index contributed by atoms with van der Waals surface area (Å²) in [7, 11) is 0. The van der Waals surface area contributed by atoms with Gasteiger partial charge >= 0.3 is 0 Å². The van der Waals surface area contributed by atoms with E-state index in [0.29, 0.717) is 6.42 Å². The Kier molecular flexibility index (Phi) is 23.6. The molecule has 0 heterocycles. The van der Waals surface area contributed by atoms with Crippen molar-refractivity contribution in [2.45, 2.75) is 111 Å². The van der Waals surface area contributed by atoms with Crippen molar-refractivity contribution < 1.29 is 4.79 Å². The highest BCUT2D eigenvalue weighted by atomic mass is 16.1. The summed E-state index contributed by atoms with van der Waals surface area (Å²) in [6.45, 7) is 9.18. The molecule has 0 aliphatic heterocycles. The molecule has 21 heavy (non-hydrogen) atoms. The van der Waals surface area contributed by atoms with Gasteiger partial charge in [0.15, 0.2) is 0 Å². The largest absolute Gasteiger partial charge is 0.356 e. The van der Waals surface area contributed by atoms with Crippen molar-refractivity contribution >= 4 is 5.91 Å². The third-order valence-corrected chi connectivity index (χ3v) is 3.58. The lowest BCUT2D eigenvalue weighted by Crippen LogP contribution is -2.23. The Labute approximate surface area is 134 Å². The minimum atomic E-state index is 0.217. The van der Waals surface area contributed by atoms with Crippen LogP contribution in [0.3, 0.4) is 0 Å². The molecule has 1 N–H and O–H groups in total. The molecule has 0 spiro atoms. The van der Waals surface area contributed by atoms with E-state index in [9.17, 15) is 4.79 Å². The standard InChI is InChI=1S/C17H35NO.C2H6/c1-3-5-6-7-8-9-10-11-12-13-14-16-18-17(19)15-4-2;1-2/h3-16H2,1-2H3,(H,18,19);1-2H3. The van der Waals surface area contributed by atoms with Crippen LogP contribution in [0, 0.1) is 0 Å². The Bertz CT molecular complexity index is 192. The second kappa shape index (κ2) is 21.8. The van der Waals surface area contributed by atoms with E-state index in [-0.39, 0.29) is 5.91 Å². The zero-order valence-corrected chi connectivity index (χ0v) is 15.3. The maximum atomic E-state index is 11.2. The summed E-state index contributed by atoms with van der Waals surface area (Å²) < 4.78 is 0. The minimum absolute atomic E-state index is 0.217. The van der Waals surface area contributed by atoms with Crippen LogP contribution in [-0.2, 0) is 4.79 Å². The summed E-state index contributed by atoms with van der Waals surface area (Å²) in [4.78, 5) is 11.2. The normalized spacial score (nSPS) is 9.90. The zero-order chi connectivity index (χ0) is 16.2. The van der Waals surface area contributed by atoms with Crippen LogP contribution in [0.2, 0.25) is 0 Å². The fourth-order valence-corrected chi connectivity index (χ4v) is 2.33. The first kappa shape index (κ1) is 22.7. The molecule has 0 unspecified atom stereocenters. The molecule has 0 saturated heterocycles. The second-order valence-electron chi connectivity index (χ2n) is 5.64. The van der Waals surface area contributed by atoms with Crippen molar-refractivity contribution in [1.82, 2.24) is 5.32 Å². The van der Waals surface area contributed by atoms with Gasteiger partial charge in [-0.05, 0) is 12.8 Å². The molecule has 0 aliphatic carbocycles. The summed E-state index contributed by atoms with van der Waals surface area (Å²) in [6.07, 6.45) is 16.6. The summed E-state index contributed by atoms with van der Waals surface area (Å²) in [5.41, 5.74) is 0. The fraction of sp³-hybridized carbons (Fsp3) is 0.947. The van der Waals surface area contributed by atoms with E-state index in [1.807, 2.05) is 20.8 Å². The molecule has 0 saturated carbocycles. The maximum absolute atomic E-state index is 11.2. The van der Waals surface area contributed by atoms with Gasteiger partial charge in [-0.1, -0.05) is 91.9 Å². The highest BCUT2D eigenvalue weighted by Gasteiger charge is 1.97. The molecule has 0 aromatic rings. The number of hydrogen-bond donors (Lipinski definition) is 1. The van der Waals surface area contributed by atoms with Crippen LogP contribution in [0.25, 0.3) is 0 Å². The molecule has 0 fully saturated rings. The molecule has 0 atom stereocenters. The second-order valence-corrected chi connectivity index (χ2v) is 5.64. The van der Waals surface area contributed by atoms with Gasteiger partial charge in [-0.15, -0.1) is 0 Å². The molecule has 0 aromatic carbocycles. The van der Waals surface area contributed by atoms with Crippen molar-refractivity contribution in [2.24, 2.45) is 0 Å². The first-order valence-electron chi connectivity index (χ1n) is 9.58. The molecule has 2 nitrogen and oxygen atoms in total. The van der Waals surface area contributed by atoms with E-state index in [0.717, 1.165) is 19.4 Å². The molecule has 2 heteroatoms. The van der Waals surface area contributed by atoms with Crippen molar-refractivity contribution in [3.8, 4) is 0 Å². The molecular formula is C19H41NO. The Balaban J connectivity index is 0. The molecule has 0 rings (SSSR count). The quantitative estimate of drug-likeness (QED) is 0.378. The van der Waals surface area contributed by atoms with Gasteiger partial charge in [-0.25, -0.2) is 0 Å². The number of hydrogen-bond acceptors (Lipinski definition) is 1. The number of carbonyl (C=O) groups excluding carboxylic acids is 1. The molecule has 1 amide bonds. The molecule has 0 aromatic heterocycles. The Morgan fingerprint density at radius 2 is 1.10 bits per heavy atom. The highest BCUT2D eigenvalue weighted by Crippen LogP contribution is 2.10. The number of carbonyl (C=O) groups is 1. The van der Waals surface area contributed by atoms with Crippen LogP contribution in [0.15, 0.2) is 0 Å². The van der Waals surface area contributed by atoms with Gasteiger partial charge < -0.3 is 5.32 Å². The van der Waals surface area contributed by atoms with E-state index < -0.39 is 0 Å². The van der Waals surface area contributed by atoms with Crippen molar-refractivity contribution in [3.05, 3.63) is 0 Å². The van der Waals surface area contributed by atoms with Crippen LogP contribution >= 0.6 is 0 Å². The van der Waals surface area contributed by atoms with Crippen molar-refractivity contribution in [2.75, 3.05) is 6.54 Å². The van der Waals surface area contributed by atoms with Crippen LogP contribution in [-0.4, -0.2) is 12.5 Å². The monoisotopic (exact) mass is 299 g/mol. The van der Waals surface area contributed by atoms with Gasteiger partial charge in [-0.3, -0.25) is 4.79 Å². The van der Waals surface area contributed by atoms with Crippen LogP contribution in [0.1, 0.15) is 111 Å². The molecule has 0 aliphatic rings. The third-order valence-electron chi connectivity index (χ3n) is 3.58. The van der Waals surface area contributed by atoms with E-state index >= 15 is 0 Å². The van der Waals surface area contributed by atoms with Gasteiger partial charge in [0.1, 0.15) is 0 Å². The highest BCUT2D eigenvalue weighted by molar-refractivity contribution is 5.75. The van der Waals surface area contributed by atoms with E-state index in [1.54, 1.807) is 0 Å². The van der Waals surface area contributed by atoms with E-state index in [4.69, 9.17) is 0 Å². The SMILES string of the molecule is CC.CCCCCCCCCCCCCNC(=O)CCC. The van der Waals surface area contributed by atoms with Crippen molar-refractivity contribution in [3.63, 3.8) is 0 Å². The average molecular weight is 300 g/mol. The first-order chi connectivity index (χ1) is 10.3. The Hall–Kier alpha value is -0.530. The predicted molar refractivity (Wildman–Crippen MR) is 95.7 cm³/mol. The molecule has 0 radical (unpaired) electrons.